The highest BCUT2D eigenvalue weighted by Crippen LogP contribution is 2.43. The lowest BCUT2D eigenvalue weighted by Crippen LogP contribution is -2.43. The topological polar surface area (TPSA) is 112 Å². The second-order valence-corrected chi connectivity index (χ2v) is 13.5. The lowest BCUT2D eigenvalue weighted by molar-refractivity contribution is 0.107. The second-order valence-electron chi connectivity index (χ2n) is 13.5. The van der Waals surface area contributed by atoms with Gasteiger partial charge in [0.15, 0.2) is 5.82 Å². The van der Waals surface area contributed by atoms with Crippen molar-refractivity contribution in [2.75, 3.05) is 37.7 Å². The number of aromatic nitrogens is 2. The van der Waals surface area contributed by atoms with Gasteiger partial charge in [-0.15, -0.1) is 6.42 Å². The minimum Gasteiger partial charge on any atom is -0.508 e. The standard InChI is InChI=1S/C35H34F2N4O5/c1-3-24-26(37)6-5-20-11-23(42)12-25(28(20)24)31-18(2)30-29(33(44)46-31)32(40-14-19-9-21(15-40)27(43)10-19)39-34(38-30)45-17-35-7-4-8-41(35)16-22(36)13-35/h1,5-6,11-12,19,21-22,27,42-43H,4,7-10,13-17H2,2H3/t19-,21-,22-,27-,35+/m1/s1. The van der Waals surface area contributed by atoms with Gasteiger partial charge in [0.1, 0.15) is 35.5 Å². The molecule has 5 atom stereocenters. The zero-order chi connectivity index (χ0) is 31.9. The summed E-state index contributed by atoms with van der Waals surface area (Å²) in [6, 6.07) is 5.65. The van der Waals surface area contributed by atoms with Gasteiger partial charge in [0.2, 0.25) is 0 Å². The number of ether oxygens (including phenoxy) is 1. The number of benzene rings is 2. The summed E-state index contributed by atoms with van der Waals surface area (Å²) < 4.78 is 41.7. The molecule has 9 nitrogen and oxygen atoms in total. The molecule has 3 aliphatic heterocycles. The van der Waals surface area contributed by atoms with E-state index in [4.69, 9.17) is 25.5 Å². The van der Waals surface area contributed by atoms with Crippen LogP contribution in [0.1, 0.15) is 43.2 Å². The first-order valence-corrected chi connectivity index (χ1v) is 15.9. The van der Waals surface area contributed by atoms with Crippen molar-refractivity contribution in [1.29, 1.82) is 0 Å². The first-order valence-electron chi connectivity index (χ1n) is 15.9. The third-order valence-electron chi connectivity index (χ3n) is 10.6. The Balaban J connectivity index is 1.31. The van der Waals surface area contributed by atoms with E-state index < -0.39 is 29.3 Å². The molecular weight excluding hydrogens is 594 g/mol. The number of nitrogens with zero attached hydrogens (tertiary/aromatic N) is 4. The molecule has 0 radical (unpaired) electrons. The van der Waals surface area contributed by atoms with Crippen molar-refractivity contribution in [2.24, 2.45) is 11.8 Å². The highest BCUT2D eigenvalue weighted by molar-refractivity contribution is 6.03. The number of fused-ring (bicyclic) bond motifs is 5. The molecule has 4 aliphatic rings. The number of aromatic hydroxyl groups is 1. The number of piperidine rings is 1. The van der Waals surface area contributed by atoms with E-state index in [0.717, 1.165) is 25.8 Å². The number of alkyl halides is 1. The third kappa shape index (κ3) is 4.53. The number of phenolic OH excluding ortho intramolecular Hbond substituents is 1. The molecule has 238 valence electrons. The average Bonchev–Trinajstić information content (AvgIpc) is 3.65. The summed E-state index contributed by atoms with van der Waals surface area (Å²) in [5.74, 6) is 2.41. The number of phenols is 1. The van der Waals surface area contributed by atoms with Crippen molar-refractivity contribution in [2.45, 2.75) is 56.8 Å². The van der Waals surface area contributed by atoms with E-state index in [2.05, 4.69) is 10.8 Å². The molecule has 0 unspecified atom stereocenters. The molecule has 1 saturated carbocycles. The molecule has 2 aromatic heterocycles. The molecule has 2 bridgehead atoms. The molecule has 4 aromatic rings. The highest BCUT2D eigenvalue weighted by Gasteiger charge is 2.49. The Labute approximate surface area is 263 Å². The van der Waals surface area contributed by atoms with Crippen molar-refractivity contribution >= 4 is 27.5 Å². The maximum Gasteiger partial charge on any atom is 0.349 e. The van der Waals surface area contributed by atoms with E-state index in [1.807, 2.05) is 4.90 Å². The number of rotatable bonds is 5. The monoisotopic (exact) mass is 628 g/mol. The van der Waals surface area contributed by atoms with Crippen LogP contribution in [0.25, 0.3) is 33.0 Å². The summed E-state index contributed by atoms with van der Waals surface area (Å²) in [5.41, 5.74) is -0.169. The molecule has 46 heavy (non-hydrogen) atoms. The zero-order valence-corrected chi connectivity index (χ0v) is 25.4. The van der Waals surface area contributed by atoms with Crippen LogP contribution < -0.4 is 15.3 Å². The Morgan fingerprint density at radius 2 is 2.04 bits per heavy atom. The largest absolute Gasteiger partial charge is 0.508 e. The average molecular weight is 629 g/mol. The highest BCUT2D eigenvalue weighted by atomic mass is 19.1. The lowest BCUT2D eigenvalue weighted by Gasteiger charge is -2.34. The van der Waals surface area contributed by atoms with E-state index in [9.17, 15) is 23.8 Å². The van der Waals surface area contributed by atoms with Crippen LogP contribution in [-0.4, -0.2) is 75.7 Å². The van der Waals surface area contributed by atoms with Crippen LogP contribution in [0, 0.1) is 36.9 Å². The Hall–Kier alpha value is -4.27. The fourth-order valence-electron chi connectivity index (χ4n) is 8.56. The number of terminal acetylenes is 1. The van der Waals surface area contributed by atoms with Crippen molar-refractivity contribution in [3.63, 3.8) is 0 Å². The van der Waals surface area contributed by atoms with Crippen molar-refractivity contribution in [1.82, 2.24) is 14.9 Å². The van der Waals surface area contributed by atoms with E-state index in [-0.39, 0.29) is 58.0 Å². The Morgan fingerprint density at radius 3 is 2.85 bits per heavy atom. The van der Waals surface area contributed by atoms with Gasteiger partial charge in [-0.25, -0.2) is 13.6 Å². The Bertz CT molecular complexity index is 2010. The van der Waals surface area contributed by atoms with E-state index in [1.54, 1.807) is 6.92 Å². The van der Waals surface area contributed by atoms with Crippen LogP contribution >= 0.6 is 0 Å². The maximum atomic E-state index is 14.9. The third-order valence-corrected chi connectivity index (χ3v) is 10.6. The van der Waals surface area contributed by atoms with Gasteiger partial charge < -0.3 is 24.3 Å². The second kappa shape index (κ2) is 10.6. The summed E-state index contributed by atoms with van der Waals surface area (Å²) in [6.07, 6.45) is 8.12. The van der Waals surface area contributed by atoms with Crippen LogP contribution in [0.4, 0.5) is 14.6 Å². The smallest absolute Gasteiger partial charge is 0.349 e. The quantitative estimate of drug-likeness (QED) is 0.304. The minimum atomic E-state index is -0.920. The number of aryl methyl sites for hydroxylation is 1. The van der Waals surface area contributed by atoms with Crippen molar-refractivity contribution in [3.05, 3.63) is 51.6 Å². The predicted octanol–water partition coefficient (Wildman–Crippen LogP) is 4.70. The van der Waals surface area contributed by atoms with E-state index in [1.165, 1.54) is 24.3 Å². The number of hydrogen-bond donors (Lipinski definition) is 2. The summed E-state index contributed by atoms with van der Waals surface area (Å²) in [5, 5.41) is 22.2. The van der Waals surface area contributed by atoms with Crippen LogP contribution in [0.2, 0.25) is 0 Å². The zero-order valence-electron chi connectivity index (χ0n) is 25.4. The molecule has 3 saturated heterocycles. The van der Waals surface area contributed by atoms with Gasteiger partial charge in [-0.2, -0.15) is 9.97 Å². The SMILES string of the molecule is C#Cc1c(F)ccc2cc(O)cc(-c3oc(=O)c4c(N5C[C@@H]6C[C@H](C5)[C@H](O)C6)nc(OC[C@@]56CCCN5C[C@H](F)C6)nc4c3C)c12. The summed E-state index contributed by atoms with van der Waals surface area (Å²) in [4.78, 5) is 27.6. The summed E-state index contributed by atoms with van der Waals surface area (Å²) in [6.45, 7) is 4.24. The van der Waals surface area contributed by atoms with Crippen LogP contribution in [0.3, 0.4) is 0 Å². The molecule has 0 spiro atoms. The molecule has 8 rings (SSSR count). The van der Waals surface area contributed by atoms with Crippen molar-refractivity contribution < 1.29 is 28.1 Å². The molecule has 2 aromatic carbocycles. The lowest BCUT2D eigenvalue weighted by atomic mass is 9.94. The molecule has 4 fully saturated rings. The summed E-state index contributed by atoms with van der Waals surface area (Å²) >= 11 is 0. The first-order chi connectivity index (χ1) is 22.1. The predicted molar refractivity (Wildman–Crippen MR) is 168 cm³/mol. The Kier molecular flexibility index (Phi) is 6.74. The molecule has 11 heteroatoms. The van der Waals surface area contributed by atoms with Crippen LogP contribution in [0.15, 0.2) is 33.5 Å². The number of halogens is 2. The van der Waals surface area contributed by atoms with Gasteiger partial charge >= 0.3 is 11.6 Å². The van der Waals surface area contributed by atoms with Gasteiger partial charge in [-0.05, 0) is 68.7 Å². The minimum absolute atomic E-state index is 0.0208. The molecule has 0 amide bonds. The number of aliphatic hydroxyl groups excluding tert-OH is 1. The fraction of sp³-hybridized carbons (Fsp3) is 0.457. The van der Waals surface area contributed by atoms with Crippen molar-refractivity contribution in [3.8, 4) is 35.4 Å². The number of anilines is 1. The number of hydrogen-bond acceptors (Lipinski definition) is 9. The van der Waals surface area contributed by atoms with E-state index in [0.29, 0.717) is 54.6 Å². The van der Waals surface area contributed by atoms with Crippen LogP contribution in [0.5, 0.6) is 11.8 Å². The summed E-state index contributed by atoms with van der Waals surface area (Å²) in [7, 11) is 0. The maximum absolute atomic E-state index is 14.9. The van der Waals surface area contributed by atoms with Gasteiger partial charge in [0.05, 0.1) is 22.7 Å². The normalized spacial score (nSPS) is 27.4. The van der Waals surface area contributed by atoms with Gasteiger partial charge in [-0.3, -0.25) is 4.90 Å². The molecule has 5 heterocycles. The Morgan fingerprint density at radius 1 is 1.20 bits per heavy atom. The molecule has 1 aliphatic carbocycles. The van der Waals surface area contributed by atoms with Crippen LogP contribution in [-0.2, 0) is 0 Å². The fourth-order valence-corrected chi connectivity index (χ4v) is 8.56. The molecule has 2 N–H and O–H groups in total. The number of aliphatic hydroxyl groups is 1. The van der Waals surface area contributed by atoms with Gasteiger partial charge in [-0.1, -0.05) is 12.0 Å². The van der Waals surface area contributed by atoms with E-state index >= 15 is 0 Å². The van der Waals surface area contributed by atoms with Gasteiger partial charge in [0, 0.05) is 48.5 Å². The first kappa shape index (κ1) is 29.2. The van der Waals surface area contributed by atoms with Gasteiger partial charge in [0.25, 0.3) is 0 Å². The molecular formula is C35H34F2N4O5.